The van der Waals surface area contributed by atoms with E-state index in [9.17, 15) is 14.4 Å². The Hall–Kier alpha value is -2.10. The van der Waals surface area contributed by atoms with Gasteiger partial charge in [-0.25, -0.2) is 4.98 Å². The molecule has 0 spiro atoms. The molecule has 0 aliphatic heterocycles. The molecular weight excluding hydrogens is 403 g/mol. The zero-order valence-corrected chi connectivity index (χ0v) is 15.6. The van der Waals surface area contributed by atoms with Gasteiger partial charge in [-0.15, -0.1) is 11.3 Å². The van der Waals surface area contributed by atoms with E-state index in [1.165, 1.54) is 17.4 Å². The molecule has 0 unspecified atom stereocenters. The molecule has 0 fully saturated rings. The number of carbonyl (C=O) groups is 3. The number of aliphatic carboxylic acids is 1. The Bertz CT molecular complexity index is 860. The van der Waals surface area contributed by atoms with Crippen molar-refractivity contribution in [2.75, 3.05) is 5.32 Å². The molecule has 0 saturated carbocycles. The summed E-state index contributed by atoms with van der Waals surface area (Å²) in [6.07, 6.45) is 1.32. The van der Waals surface area contributed by atoms with Gasteiger partial charge >= 0.3 is 5.97 Å². The average Bonchev–Trinajstić information content (AvgIpc) is 3.09. The Balaban J connectivity index is 1.61. The first-order valence-corrected chi connectivity index (χ1v) is 9.24. The van der Waals surface area contributed by atoms with E-state index in [0.29, 0.717) is 24.4 Å². The number of nitrogens with zero attached hydrogens (tertiary/aromatic N) is 1. The number of rotatable bonds is 5. The molecule has 2 amide bonds. The van der Waals surface area contributed by atoms with Crippen LogP contribution in [0, 0.1) is 0 Å². The lowest BCUT2D eigenvalue weighted by Gasteiger charge is -2.22. The minimum Gasteiger partial charge on any atom is -0.481 e. The number of fused-ring (bicyclic) bond motifs is 1. The van der Waals surface area contributed by atoms with Crippen LogP contribution in [0.3, 0.4) is 0 Å². The fraction of sp³-hybridized carbons (Fsp3) is 0.333. The van der Waals surface area contributed by atoms with E-state index in [1.807, 2.05) is 0 Å². The summed E-state index contributed by atoms with van der Waals surface area (Å²) in [4.78, 5) is 42.3. The van der Waals surface area contributed by atoms with Gasteiger partial charge in [-0.05, 0) is 18.9 Å². The summed E-state index contributed by atoms with van der Waals surface area (Å²) in [5, 5.41) is 14.9. The first-order chi connectivity index (χ1) is 12.3. The third-order valence-electron chi connectivity index (χ3n) is 3.80. The summed E-state index contributed by atoms with van der Waals surface area (Å²) in [7, 11) is 0. The molecule has 0 radical (unpaired) electrons. The van der Waals surface area contributed by atoms with Gasteiger partial charge in [0.1, 0.15) is 17.3 Å². The Morgan fingerprint density at radius 3 is 2.81 bits per heavy atom. The highest BCUT2D eigenvalue weighted by Gasteiger charge is 2.25. The predicted octanol–water partition coefficient (Wildman–Crippen LogP) is 2.48. The molecular formula is C15H14Cl2N4O4S. The van der Waals surface area contributed by atoms with Gasteiger partial charge in [0.05, 0.1) is 10.7 Å². The predicted molar refractivity (Wildman–Crippen MR) is 97.1 cm³/mol. The first-order valence-electron chi connectivity index (χ1n) is 7.67. The van der Waals surface area contributed by atoms with Crippen molar-refractivity contribution in [1.82, 2.24) is 15.3 Å². The molecule has 1 atom stereocenters. The monoisotopic (exact) mass is 416 g/mol. The molecule has 11 heteroatoms. The van der Waals surface area contributed by atoms with Crippen LogP contribution in [-0.2, 0) is 22.4 Å². The molecule has 2 aromatic heterocycles. The Kier molecular flexibility index (Phi) is 5.49. The summed E-state index contributed by atoms with van der Waals surface area (Å²) in [5.74, 6) is -2.11. The largest absolute Gasteiger partial charge is 0.481 e. The molecule has 3 rings (SSSR count). The molecule has 1 aliphatic rings. The van der Waals surface area contributed by atoms with Crippen molar-refractivity contribution in [3.8, 4) is 0 Å². The minimum absolute atomic E-state index is 0.0844. The van der Waals surface area contributed by atoms with Gasteiger partial charge in [0.2, 0.25) is 5.91 Å². The fourth-order valence-corrected chi connectivity index (χ4v) is 4.06. The van der Waals surface area contributed by atoms with E-state index in [0.717, 1.165) is 10.6 Å². The second-order valence-corrected chi connectivity index (χ2v) is 7.63. The van der Waals surface area contributed by atoms with Crippen molar-refractivity contribution in [2.45, 2.75) is 31.7 Å². The molecule has 1 aliphatic carbocycles. The molecule has 4 N–H and O–H groups in total. The van der Waals surface area contributed by atoms with Crippen LogP contribution in [-0.4, -0.2) is 38.9 Å². The van der Waals surface area contributed by atoms with Gasteiger partial charge in [-0.2, -0.15) is 0 Å². The summed E-state index contributed by atoms with van der Waals surface area (Å²) in [6.45, 7) is 0. The van der Waals surface area contributed by atoms with Crippen LogP contribution >= 0.6 is 34.5 Å². The lowest BCUT2D eigenvalue weighted by molar-refractivity contribution is -0.139. The van der Waals surface area contributed by atoms with E-state index in [2.05, 4.69) is 20.6 Å². The Morgan fingerprint density at radius 1 is 1.38 bits per heavy atom. The van der Waals surface area contributed by atoms with Gasteiger partial charge in [0.25, 0.3) is 5.91 Å². The topological polar surface area (TPSA) is 124 Å². The number of halogens is 2. The standard InChI is InChI=1S/C15H14Cl2N4O4S/c16-7-4-9(19-13(7)17)14(25)18-6-1-2-8-10(3-6)26-15(20-8)21-11(22)5-12(23)24/h4,6,19H,1-3,5H2,(H,18,25)(H,23,24)(H,20,21,22)/t6-/m0/s1. The van der Waals surface area contributed by atoms with Crippen LogP contribution in [0.15, 0.2) is 6.07 Å². The van der Waals surface area contributed by atoms with Crippen molar-refractivity contribution < 1.29 is 19.5 Å². The number of carboxylic acids is 1. The maximum Gasteiger partial charge on any atom is 0.312 e. The number of H-pyrrole nitrogens is 1. The van der Waals surface area contributed by atoms with E-state index in [-0.39, 0.29) is 27.8 Å². The smallest absolute Gasteiger partial charge is 0.312 e. The fourth-order valence-electron chi connectivity index (χ4n) is 2.64. The average molecular weight is 417 g/mol. The molecule has 2 aromatic rings. The van der Waals surface area contributed by atoms with Crippen molar-refractivity contribution in [3.05, 3.63) is 32.5 Å². The second kappa shape index (κ2) is 7.65. The van der Waals surface area contributed by atoms with Gasteiger partial charge < -0.3 is 20.7 Å². The number of carbonyl (C=O) groups excluding carboxylic acids is 2. The van der Waals surface area contributed by atoms with Gasteiger partial charge in [-0.3, -0.25) is 14.4 Å². The summed E-state index contributed by atoms with van der Waals surface area (Å²) >= 11 is 12.9. The number of nitrogens with one attached hydrogen (secondary N) is 3. The van der Waals surface area contributed by atoms with Crippen molar-refractivity contribution in [3.63, 3.8) is 0 Å². The quantitative estimate of drug-likeness (QED) is 0.557. The van der Waals surface area contributed by atoms with Crippen LogP contribution in [0.2, 0.25) is 10.2 Å². The first kappa shape index (κ1) is 18.7. The molecule has 26 heavy (non-hydrogen) atoms. The number of hydrogen-bond donors (Lipinski definition) is 4. The van der Waals surface area contributed by atoms with Gasteiger partial charge in [0.15, 0.2) is 5.13 Å². The highest BCUT2D eigenvalue weighted by atomic mass is 35.5. The number of thiazole rings is 1. The number of aromatic amines is 1. The van der Waals surface area contributed by atoms with Crippen LogP contribution in [0.1, 0.15) is 33.9 Å². The van der Waals surface area contributed by atoms with Crippen molar-refractivity contribution in [1.29, 1.82) is 0 Å². The number of carboxylic acid groups (broad SMARTS) is 1. The SMILES string of the molecule is O=C(O)CC(=O)Nc1nc2c(s1)C[C@@H](NC(=O)c1cc(Cl)c(Cl)[nH]1)CC2. The Morgan fingerprint density at radius 2 is 2.15 bits per heavy atom. The lowest BCUT2D eigenvalue weighted by Crippen LogP contribution is -2.38. The van der Waals surface area contributed by atoms with Crippen molar-refractivity contribution in [2.24, 2.45) is 0 Å². The van der Waals surface area contributed by atoms with Crippen LogP contribution < -0.4 is 10.6 Å². The summed E-state index contributed by atoms with van der Waals surface area (Å²) < 4.78 is 0. The van der Waals surface area contributed by atoms with Gasteiger partial charge in [0, 0.05) is 17.3 Å². The third kappa shape index (κ3) is 4.35. The van der Waals surface area contributed by atoms with Crippen LogP contribution in [0.25, 0.3) is 0 Å². The Labute approximate surface area is 161 Å². The zero-order valence-electron chi connectivity index (χ0n) is 13.3. The van der Waals surface area contributed by atoms with Gasteiger partial charge in [-0.1, -0.05) is 23.2 Å². The number of aryl methyl sites for hydroxylation is 1. The number of hydrogen-bond acceptors (Lipinski definition) is 5. The summed E-state index contributed by atoms with van der Waals surface area (Å²) in [6, 6.07) is 1.38. The molecule has 2 heterocycles. The third-order valence-corrected chi connectivity index (χ3v) is 5.53. The second-order valence-electron chi connectivity index (χ2n) is 5.77. The number of aromatic nitrogens is 2. The maximum absolute atomic E-state index is 12.3. The van der Waals surface area contributed by atoms with E-state index in [4.69, 9.17) is 28.3 Å². The van der Waals surface area contributed by atoms with E-state index in [1.54, 1.807) is 0 Å². The van der Waals surface area contributed by atoms with E-state index >= 15 is 0 Å². The molecule has 0 saturated heterocycles. The zero-order chi connectivity index (χ0) is 18.8. The van der Waals surface area contributed by atoms with Crippen molar-refractivity contribution >= 4 is 57.5 Å². The van der Waals surface area contributed by atoms with E-state index < -0.39 is 18.3 Å². The minimum atomic E-state index is -1.20. The highest BCUT2D eigenvalue weighted by Crippen LogP contribution is 2.30. The lowest BCUT2D eigenvalue weighted by atomic mass is 9.97. The molecule has 8 nitrogen and oxygen atoms in total. The molecule has 0 bridgehead atoms. The summed E-state index contributed by atoms with van der Waals surface area (Å²) in [5.41, 5.74) is 1.15. The number of anilines is 1. The highest BCUT2D eigenvalue weighted by molar-refractivity contribution is 7.15. The maximum atomic E-state index is 12.3. The normalized spacial score (nSPS) is 16.0. The molecule has 138 valence electrons. The van der Waals surface area contributed by atoms with Crippen LogP contribution in [0.5, 0.6) is 0 Å². The number of amides is 2. The van der Waals surface area contributed by atoms with Crippen LogP contribution in [0.4, 0.5) is 5.13 Å². The molecule has 0 aromatic carbocycles.